The summed E-state index contributed by atoms with van der Waals surface area (Å²) in [5.41, 5.74) is 9.55. The minimum atomic E-state index is -1.80. The quantitative estimate of drug-likeness (QED) is 0.594. The SMILES string of the molecule is CC1(C)OC(=O)C2=C1NC(N)=C(C#N)[C@]21C(=O)N(CC(N)=O)c2ccccc21. The Morgan fingerprint density at radius 2 is 2.00 bits per heavy atom. The predicted molar refractivity (Wildman–Crippen MR) is 96.8 cm³/mol. The molecule has 3 aliphatic heterocycles. The number of rotatable bonds is 2. The molecule has 9 nitrogen and oxygen atoms in total. The molecule has 1 aromatic carbocycles. The summed E-state index contributed by atoms with van der Waals surface area (Å²) in [7, 11) is 0. The second kappa shape index (κ2) is 5.36. The lowest BCUT2D eigenvalue weighted by Crippen LogP contribution is -2.51. The number of nitriles is 1. The molecule has 0 fully saturated rings. The molecule has 0 bridgehead atoms. The number of benzene rings is 1. The number of carbonyl (C=O) groups is 3. The molecule has 0 saturated carbocycles. The van der Waals surface area contributed by atoms with Crippen LogP contribution in [0.1, 0.15) is 19.4 Å². The Balaban J connectivity index is 2.12. The average Bonchev–Trinajstić information content (AvgIpc) is 2.98. The van der Waals surface area contributed by atoms with Gasteiger partial charge in [-0.15, -0.1) is 0 Å². The number of cyclic esters (lactones) is 1. The zero-order chi connectivity index (χ0) is 20.4. The van der Waals surface area contributed by atoms with E-state index in [0.29, 0.717) is 16.9 Å². The summed E-state index contributed by atoms with van der Waals surface area (Å²) in [5, 5.41) is 12.7. The Kier molecular flexibility index (Phi) is 3.37. The van der Waals surface area contributed by atoms with Gasteiger partial charge in [0, 0.05) is 11.3 Å². The predicted octanol–water partition coefficient (Wildman–Crippen LogP) is -0.357. The average molecular weight is 379 g/mol. The number of nitrogens with two attached hydrogens (primary N) is 2. The minimum absolute atomic E-state index is 0.00710. The van der Waals surface area contributed by atoms with Gasteiger partial charge in [0.2, 0.25) is 11.8 Å². The van der Waals surface area contributed by atoms with Crippen LogP contribution in [0.15, 0.2) is 46.9 Å². The van der Waals surface area contributed by atoms with Gasteiger partial charge in [-0.3, -0.25) is 9.59 Å². The van der Waals surface area contributed by atoms with Crippen LogP contribution in [-0.4, -0.2) is 29.9 Å². The van der Waals surface area contributed by atoms with Gasteiger partial charge in [0.1, 0.15) is 29.5 Å². The van der Waals surface area contributed by atoms with Gasteiger partial charge in [-0.2, -0.15) is 5.26 Å². The van der Waals surface area contributed by atoms with Gasteiger partial charge < -0.3 is 26.4 Å². The lowest BCUT2D eigenvalue weighted by Gasteiger charge is -2.34. The smallest absolute Gasteiger partial charge is 0.338 e. The fraction of sp³-hybridized carbons (Fsp3) is 0.263. The highest BCUT2D eigenvalue weighted by atomic mass is 16.6. The largest absolute Gasteiger partial charge is 0.450 e. The number of nitrogens with one attached hydrogen (secondary N) is 1. The number of hydrogen-bond acceptors (Lipinski definition) is 7. The number of nitrogens with zero attached hydrogens (tertiary/aromatic N) is 2. The number of ether oxygens (including phenoxy) is 1. The number of fused-ring (bicyclic) bond motifs is 3. The number of primary amides is 1. The molecule has 3 aliphatic rings. The molecule has 3 heterocycles. The fourth-order valence-electron chi connectivity index (χ4n) is 4.21. The van der Waals surface area contributed by atoms with Gasteiger partial charge in [-0.25, -0.2) is 4.79 Å². The lowest BCUT2D eigenvalue weighted by molar-refractivity contribution is -0.145. The summed E-state index contributed by atoms with van der Waals surface area (Å²) in [6.45, 7) is 2.92. The molecule has 0 aliphatic carbocycles. The third kappa shape index (κ3) is 1.91. The number of para-hydroxylation sites is 1. The van der Waals surface area contributed by atoms with Crippen molar-refractivity contribution in [1.29, 1.82) is 5.26 Å². The van der Waals surface area contributed by atoms with Crippen molar-refractivity contribution >= 4 is 23.5 Å². The second-order valence-corrected chi connectivity index (χ2v) is 7.30. The van der Waals surface area contributed by atoms with Crippen molar-refractivity contribution < 1.29 is 19.1 Å². The van der Waals surface area contributed by atoms with Crippen LogP contribution in [0.4, 0.5) is 5.69 Å². The molecule has 1 aromatic rings. The second-order valence-electron chi connectivity index (χ2n) is 7.30. The van der Waals surface area contributed by atoms with Crippen molar-refractivity contribution in [2.24, 2.45) is 11.5 Å². The summed E-state index contributed by atoms with van der Waals surface area (Å²) >= 11 is 0. The number of hydrogen-bond donors (Lipinski definition) is 3. The van der Waals surface area contributed by atoms with E-state index >= 15 is 0 Å². The van der Waals surface area contributed by atoms with Crippen LogP contribution >= 0.6 is 0 Å². The first-order valence-electron chi connectivity index (χ1n) is 8.52. The molecule has 0 radical (unpaired) electrons. The Hall–Kier alpha value is -3.80. The monoisotopic (exact) mass is 379 g/mol. The zero-order valence-corrected chi connectivity index (χ0v) is 15.2. The normalized spacial score (nSPS) is 24.7. The number of carbonyl (C=O) groups excluding carboxylic acids is 3. The number of dihydropyridines is 1. The summed E-state index contributed by atoms with van der Waals surface area (Å²) in [6, 6.07) is 8.61. The molecule has 9 heteroatoms. The Bertz CT molecular complexity index is 1080. The van der Waals surface area contributed by atoms with E-state index in [0.717, 1.165) is 0 Å². The van der Waals surface area contributed by atoms with Gasteiger partial charge in [-0.05, 0) is 19.9 Å². The topological polar surface area (TPSA) is 152 Å². The zero-order valence-electron chi connectivity index (χ0n) is 15.2. The molecule has 0 unspecified atom stereocenters. The van der Waals surface area contributed by atoms with Crippen LogP contribution < -0.4 is 21.7 Å². The van der Waals surface area contributed by atoms with Crippen molar-refractivity contribution in [3.8, 4) is 6.07 Å². The van der Waals surface area contributed by atoms with E-state index in [1.165, 1.54) is 4.90 Å². The summed E-state index contributed by atoms with van der Waals surface area (Å²) in [6.07, 6.45) is 0. The lowest BCUT2D eigenvalue weighted by atomic mass is 9.67. The van der Waals surface area contributed by atoms with E-state index in [9.17, 15) is 19.6 Å². The highest BCUT2D eigenvalue weighted by molar-refractivity contribution is 6.20. The molecule has 0 saturated heterocycles. The molecule has 5 N–H and O–H groups in total. The highest BCUT2D eigenvalue weighted by Crippen LogP contribution is 2.56. The van der Waals surface area contributed by atoms with Gasteiger partial charge in [0.15, 0.2) is 0 Å². The molecule has 0 aromatic heterocycles. The van der Waals surface area contributed by atoms with Crippen LogP contribution in [0.2, 0.25) is 0 Å². The number of esters is 1. The van der Waals surface area contributed by atoms with Crippen molar-refractivity contribution in [2.75, 3.05) is 11.4 Å². The summed E-state index contributed by atoms with van der Waals surface area (Å²) in [4.78, 5) is 39.4. The van der Waals surface area contributed by atoms with Crippen molar-refractivity contribution in [3.63, 3.8) is 0 Å². The van der Waals surface area contributed by atoms with E-state index in [1.54, 1.807) is 38.1 Å². The summed E-state index contributed by atoms with van der Waals surface area (Å²) in [5.74, 6) is -2.14. The molecule has 1 atom stereocenters. The van der Waals surface area contributed by atoms with Crippen molar-refractivity contribution in [3.05, 3.63) is 52.5 Å². The van der Waals surface area contributed by atoms with E-state index in [2.05, 4.69) is 5.32 Å². The van der Waals surface area contributed by atoms with Crippen LogP contribution in [0, 0.1) is 11.3 Å². The van der Waals surface area contributed by atoms with Crippen LogP contribution in [0.5, 0.6) is 0 Å². The van der Waals surface area contributed by atoms with Gasteiger partial charge in [0.25, 0.3) is 0 Å². The first-order valence-corrected chi connectivity index (χ1v) is 8.52. The Morgan fingerprint density at radius 1 is 1.32 bits per heavy atom. The highest BCUT2D eigenvalue weighted by Gasteiger charge is 2.65. The first-order chi connectivity index (χ1) is 13.2. The van der Waals surface area contributed by atoms with Gasteiger partial charge in [0.05, 0.1) is 16.8 Å². The van der Waals surface area contributed by atoms with E-state index in [-0.39, 0.29) is 17.0 Å². The molecule has 1 spiro atoms. The maximum absolute atomic E-state index is 13.7. The third-order valence-electron chi connectivity index (χ3n) is 5.27. The molecule has 4 rings (SSSR count). The fourth-order valence-corrected chi connectivity index (χ4v) is 4.21. The molecular formula is C19H17N5O4. The first kappa shape index (κ1) is 17.6. The Morgan fingerprint density at radius 3 is 2.64 bits per heavy atom. The van der Waals surface area contributed by atoms with Crippen LogP contribution in [0.25, 0.3) is 0 Å². The van der Waals surface area contributed by atoms with Gasteiger partial charge in [-0.1, -0.05) is 18.2 Å². The van der Waals surface area contributed by atoms with Gasteiger partial charge >= 0.3 is 5.97 Å². The van der Waals surface area contributed by atoms with E-state index < -0.39 is 35.3 Å². The van der Waals surface area contributed by atoms with Crippen LogP contribution in [-0.2, 0) is 24.5 Å². The van der Waals surface area contributed by atoms with E-state index in [1.807, 2.05) is 6.07 Å². The van der Waals surface area contributed by atoms with Crippen molar-refractivity contribution in [1.82, 2.24) is 5.32 Å². The third-order valence-corrected chi connectivity index (χ3v) is 5.27. The molecule has 28 heavy (non-hydrogen) atoms. The standard InChI is InChI=1S/C19H17N5O4/c1-18(2)14-13(16(26)28-18)19(10(7-20)15(22)23-14)9-5-3-4-6-11(9)24(17(19)27)8-12(21)25/h3-6,23H,8,22H2,1-2H3,(H2,21,25)/t19-/m0/s1. The van der Waals surface area contributed by atoms with E-state index in [4.69, 9.17) is 16.2 Å². The maximum atomic E-state index is 13.7. The van der Waals surface area contributed by atoms with Crippen molar-refractivity contribution in [2.45, 2.75) is 24.9 Å². The molecular weight excluding hydrogens is 362 g/mol. The maximum Gasteiger partial charge on any atom is 0.338 e. The number of amides is 2. The van der Waals surface area contributed by atoms with Crippen LogP contribution in [0.3, 0.4) is 0 Å². The Labute approximate surface area is 160 Å². The number of anilines is 1. The molecule has 2 amide bonds. The summed E-state index contributed by atoms with van der Waals surface area (Å²) < 4.78 is 5.47. The molecule has 142 valence electrons. The minimum Gasteiger partial charge on any atom is -0.450 e.